The molecule has 1 N–H and O–H groups in total. The van der Waals surface area contributed by atoms with Gasteiger partial charge in [-0.25, -0.2) is 4.99 Å². The Morgan fingerprint density at radius 1 is 1.12 bits per heavy atom. The van der Waals surface area contributed by atoms with Crippen molar-refractivity contribution in [3.8, 4) is 17.6 Å². The van der Waals surface area contributed by atoms with Crippen molar-refractivity contribution in [1.82, 2.24) is 5.32 Å². The summed E-state index contributed by atoms with van der Waals surface area (Å²) in [7, 11) is 1.59. The van der Waals surface area contributed by atoms with Crippen LogP contribution in [0, 0.1) is 11.3 Å². The number of nitrogens with zero attached hydrogens (tertiary/aromatic N) is 2. The topological polar surface area (TPSA) is 83.7 Å². The predicted octanol–water partition coefficient (Wildman–Crippen LogP) is 6.34. The normalized spacial score (nSPS) is 15.3. The number of thioether (sulfide) groups is 1. The quantitative estimate of drug-likeness (QED) is 0.391. The lowest BCUT2D eigenvalue weighted by atomic mass is 10.1. The molecule has 1 saturated heterocycles. The molecule has 1 fully saturated rings. The second-order valence-electron chi connectivity index (χ2n) is 7.05. The zero-order valence-electron chi connectivity index (χ0n) is 17.8. The van der Waals surface area contributed by atoms with Gasteiger partial charge in [0.1, 0.15) is 12.4 Å². The van der Waals surface area contributed by atoms with Crippen LogP contribution in [0.3, 0.4) is 0 Å². The summed E-state index contributed by atoms with van der Waals surface area (Å²) in [6, 6.07) is 19.8. The van der Waals surface area contributed by atoms with Gasteiger partial charge in [-0.1, -0.05) is 41.4 Å². The number of nitriles is 1. The van der Waals surface area contributed by atoms with Crippen LogP contribution in [0.5, 0.6) is 11.5 Å². The summed E-state index contributed by atoms with van der Waals surface area (Å²) in [6.07, 6.45) is 1.68. The van der Waals surface area contributed by atoms with Crippen molar-refractivity contribution in [2.24, 2.45) is 4.99 Å². The molecule has 1 aliphatic heterocycles. The minimum Gasteiger partial charge on any atom is -0.497 e. The van der Waals surface area contributed by atoms with Crippen LogP contribution in [0.25, 0.3) is 6.08 Å². The minimum absolute atomic E-state index is 0.146. The summed E-state index contributed by atoms with van der Waals surface area (Å²) >= 11 is 14.0. The molecule has 34 heavy (non-hydrogen) atoms. The maximum Gasteiger partial charge on any atom is 0.264 e. The molecule has 9 heteroatoms. The standard InChI is InChI=1S/C25H17Cl2N3O3S/c1-32-19-8-6-18(7-9-19)29-25-30-24(31)22(34-25)12-15-10-20(26)23(21(27)11-15)33-14-17-5-3-2-4-16(17)13-28/h2-12H,14H2,1H3,(H,29,30,31). The van der Waals surface area contributed by atoms with Crippen LogP contribution in [0.4, 0.5) is 5.69 Å². The molecule has 0 saturated carbocycles. The number of nitrogens with one attached hydrogen (secondary N) is 1. The number of ether oxygens (including phenoxy) is 2. The third-order valence-electron chi connectivity index (χ3n) is 4.78. The Morgan fingerprint density at radius 2 is 1.82 bits per heavy atom. The summed E-state index contributed by atoms with van der Waals surface area (Å²) in [5.74, 6) is 0.768. The lowest BCUT2D eigenvalue weighted by molar-refractivity contribution is -0.115. The summed E-state index contributed by atoms with van der Waals surface area (Å²) in [6.45, 7) is 0.146. The summed E-state index contributed by atoms with van der Waals surface area (Å²) < 4.78 is 10.9. The first-order valence-corrected chi connectivity index (χ1v) is 11.6. The second kappa shape index (κ2) is 10.7. The molecule has 0 radical (unpaired) electrons. The molecule has 3 aromatic rings. The maximum atomic E-state index is 12.4. The van der Waals surface area contributed by atoms with Crippen LogP contribution in [0.15, 0.2) is 70.6 Å². The van der Waals surface area contributed by atoms with Crippen LogP contribution in [0.1, 0.15) is 16.7 Å². The fourth-order valence-corrected chi connectivity index (χ4v) is 4.57. The smallest absolute Gasteiger partial charge is 0.264 e. The van der Waals surface area contributed by atoms with Gasteiger partial charge in [0, 0.05) is 5.56 Å². The number of methoxy groups -OCH3 is 1. The first-order chi connectivity index (χ1) is 16.5. The zero-order chi connectivity index (χ0) is 24.1. The number of hydrogen-bond donors (Lipinski definition) is 1. The Balaban J connectivity index is 1.50. The molecule has 0 bridgehead atoms. The zero-order valence-corrected chi connectivity index (χ0v) is 20.2. The van der Waals surface area contributed by atoms with E-state index in [0.29, 0.717) is 42.7 Å². The van der Waals surface area contributed by atoms with Crippen molar-refractivity contribution in [3.63, 3.8) is 0 Å². The lowest BCUT2D eigenvalue weighted by Crippen LogP contribution is -2.19. The van der Waals surface area contributed by atoms with Gasteiger partial charge >= 0.3 is 0 Å². The largest absolute Gasteiger partial charge is 0.497 e. The van der Waals surface area contributed by atoms with E-state index >= 15 is 0 Å². The van der Waals surface area contributed by atoms with Gasteiger partial charge in [-0.3, -0.25) is 4.79 Å². The number of benzene rings is 3. The van der Waals surface area contributed by atoms with Crippen LogP contribution in [-0.2, 0) is 11.4 Å². The van der Waals surface area contributed by atoms with Gasteiger partial charge < -0.3 is 14.8 Å². The van der Waals surface area contributed by atoms with E-state index in [1.807, 2.05) is 6.07 Å². The molecule has 0 spiro atoms. The molecule has 0 atom stereocenters. The third kappa shape index (κ3) is 5.54. The number of aliphatic imine (C=N–C) groups is 1. The third-order valence-corrected chi connectivity index (χ3v) is 6.25. The van der Waals surface area contributed by atoms with E-state index in [4.69, 9.17) is 32.7 Å². The van der Waals surface area contributed by atoms with E-state index in [1.54, 1.807) is 67.8 Å². The molecule has 6 nitrogen and oxygen atoms in total. The van der Waals surface area contributed by atoms with Gasteiger partial charge in [0.25, 0.3) is 5.91 Å². The van der Waals surface area contributed by atoms with Gasteiger partial charge in [0.2, 0.25) is 0 Å². The van der Waals surface area contributed by atoms with E-state index < -0.39 is 0 Å². The fraction of sp³-hybridized carbons (Fsp3) is 0.0800. The highest BCUT2D eigenvalue weighted by atomic mass is 35.5. The Bertz CT molecular complexity index is 1330. The molecular formula is C25H17Cl2N3O3S. The Hall–Kier alpha value is -3.44. The van der Waals surface area contributed by atoms with Crippen LogP contribution in [0.2, 0.25) is 10.0 Å². The molecule has 0 aliphatic carbocycles. The number of carbonyl (C=O) groups is 1. The SMILES string of the molecule is COc1ccc(N=C2NC(=O)C(=Cc3cc(Cl)c(OCc4ccccc4C#N)c(Cl)c3)S2)cc1. The predicted molar refractivity (Wildman–Crippen MR) is 136 cm³/mol. The second-order valence-corrected chi connectivity index (χ2v) is 8.90. The van der Waals surface area contributed by atoms with Gasteiger partial charge in [-0.2, -0.15) is 5.26 Å². The Labute approximate surface area is 210 Å². The van der Waals surface area contributed by atoms with Crippen molar-refractivity contribution < 1.29 is 14.3 Å². The first kappa shape index (κ1) is 23.7. The summed E-state index contributed by atoms with van der Waals surface area (Å²) in [4.78, 5) is 17.3. The maximum absolute atomic E-state index is 12.4. The number of halogens is 2. The Morgan fingerprint density at radius 3 is 2.50 bits per heavy atom. The number of amides is 1. The molecular weight excluding hydrogens is 493 g/mol. The van der Waals surface area contributed by atoms with E-state index in [1.165, 1.54) is 11.8 Å². The average molecular weight is 510 g/mol. The monoisotopic (exact) mass is 509 g/mol. The lowest BCUT2D eigenvalue weighted by Gasteiger charge is -2.12. The molecule has 0 unspecified atom stereocenters. The summed E-state index contributed by atoms with van der Waals surface area (Å²) in [5.41, 5.74) is 2.58. The molecule has 1 amide bonds. The highest BCUT2D eigenvalue weighted by Gasteiger charge is 2.24. The van der Waals surface area contributed by atoms with Gasteiger partial charge in [-0.05, 0) is 65.9 Å². The molecule has 1 aliphatic rings. The summed E-state index contributed by atoms with van der Waals surface area (Å²) in [5, 5.41) is 13.0. The molecule has 3 aromatic carbocycles. The number of rotatable bonds is 6. The number of hydrogen-bond acceptors (Lipinski definition) is 6. The Kier molecular flexibility index (Phi) is 7.43. The van der Waals surface area contributed by atoms with E-state index in [0.717, 1.165) is 11.3 Å². The highest BCUT2D eigenvalue weighted by Crippen LogP contribution is 2.37. The van der Waals surface area contributed by atoms with E-state index in [2.05, 4.69) is 16.4 Å². The average Bonchev–Trinajstić information content (AvgIpc) is 3.17. The van der Waals surface area contributed by atoms with Crippen molar-refractivity contribution in [1.29, 1.82) is 5.26 Å². The fourth-order valence-electron chi connectivity index (χ4n) is 3.11. The van der Waals surface area contributed by atoms with E-state index in [9.17, 15) is 10.1 Å². The first-order valence-electron chi connectivity index (χ1n) is 10.0. The van der Waals surface area contributed by atoms with Crippen molar-refractivity contribution in [2.75, 3.05) is 7.11 Å². The van der Waals surface area contributed by atoms with E-state index in [-0.39, 0.29) is 12.5 Å². The van der Waals surface area contributed by atoms with Crippen LogP contribution >= 0.6 is 35.0 Å². The van der Waals surface area contributed by atoms with Gasteiger partial charge in [-0.15, -0.1) is 0 Å². The van der Waals surface area contributed by atoms with Gasteiger partial charge in [0.15, 0.2) is 10.9 Å². The number of carbonyl (C=O) groups excluding carboxylic acids is 1. The van der Waals surface area contributed by atoms with Gasteiger partial charge in [0.05, 0.1) is 39.4 Å². The molecule has 0 aromatic heterocycles. The number of amidine groups is 1. The van der Waals surface area contributed by atoms with Crippen molar-refractivity contribution >= 4 is 57.8 Å². The highest BCUT2D eigenvalue weighted by molar-refractivity contribution is 8.18. The van der Waals surface area contributed by atoms with Crippen molar-refractivity contribution in [3.05, 3.63) is 92.3 Å². The van der Waals surface area contributed by atoms with Crippen LogP contribution < -0.4 is 14.8 Å². The minimum atomic E-state index is -0.266. The molecule has 1 heterocycles. The van der Waals surface area contributed by atoms with Crippen LogP contribution in [-0.4, -0.2) is 18.2 Å². The molecule has 170 valence electrons. The molecule has 4 rings (SSSR count). The van der Waals surface area contributed by atoms with Crippen molar-refractivity contribution in [2.45, 2.75) is 6.61 Å².